The fourth-order valence-electron chi connectivity index (χ4n) is 3.25. The highest BCUT2D eigenvalue weighted by atomic mass is 32.2. The SMILES string of the molecule is CCC[C@H](C)n1[nH]c(=O)c2c1NC(=O)CS[C@@H]2c1ccccc1OC. The van der Waals surface area contributed by atoms with E-state index in [0.29, 0.717) is 22.9 Å². The van der Waals surface area contributed by atoms with Crippen molar-refractivity contribution < 1.29 is 9.53 Å². The van der Waals surface area contributed by atoms with E-state index in [9.17, 15) is 9.59 Å². The quantitative estimate of drug-likeness (QED) is 0.856. The molecule has 1 aromatic heterocycles. The molecule has 25 heavy (non-hydrogen) atoms. The van der Waals surface area contributed by atoms with E-state index in [4.69, 9.17) is 4.74 Å². The van der Waals surface area contributed by atoms with Crippen LogP contribution in [-0.4, -0.2) is 28.6 Å². The topological polar surface area (TPSA) is 76.1 Å². The van der Waals surface area contributed by atoms with Gasteiger partial charge in [0, 0.05) is 11.6 Å². The number of H-pyrrole nitrogens is 1. The van der Waals surface area contributed by atoms with Crippen molar-refractivity contribution in [2.75, 3.05) is 18.2 Å². The number of hydrogen-bond acceptors (Lipinski definition) is 4. The number of nitrogens with one attached hydrogen (secondary N) is 2. The smallest absolute Gasteiger partial charge is 0.270 e. The van der Waals surface area contributed by atoms with Crippen molar-refractivity contribution in [3.05, 3.63) is 45.7 Å². The summed E-state index contributed by atoms with van der Waals surface area (Å²) in [5.74, 6) is 1.49. The van der Waals surface area contributed by atoms with Crippen LogP contribution in [0.1, 0.15) is 49.1 Å². The normalized spacial score (nSPS) is 18.2. The molecule has 0 spiro atoms. The number of carbonyl (C=O) groups is 1. The lowest BCUT2D eigenvalue weighted by Gasteiger charge is -2.18. The second kappa shape index (κ2) is 7.39. The minimum atomic E-state index is -0.260. The third kappa shape index (κ3) is 3.33. The number of amides is 1. The highest BCUT2D eigenvalue weighted by Crippen LogP contribution is 2.43. The van der Waals surface area contributed by atoms with Crippen LogP contribution < -0.4 is 15.6 Å². The van der Waals surface area contributed by atoms with Gasteiger partial charge in [-0.25, -0.2) is 0 Å². The first-order chi connectivity index (χ1) is 12.1. The minimum absolute atomic E-state index is 0.0971. The van der Waals surface area contributed by atoms with E-state index in [2.05, 4.69) is 17.3 Å². The number of para-hydroxylation sites is 1. The number of benzene rings is 1. The summed E-state index contributed by atoms with van der Waals surface area (Å²) >= 11 is 1.44. The van der Waals surface area contributed by atoms with Crippen LogP contribution in [0.3, 0.4) is 0 Å². The molecule has 1 aromatic carbocycles. The lowest BCUT2D eigenvalue weighted by atomic mass is 10.0. The molecule has 0 saturated carbocycles. The zero-order chi connectivity index (χ0) is 18.0. The third-order valence-corrected chi connectivity index (χ3v) is 5.68. The van der Waals surface area contributed by atoms with Gasteiger partial charge in [-0.1, -0.05) is 31.5 Å². The van der Waals surface area contributed by atoms with Crippen LogP contribution in [-0.2, 0) is 4.79 Å². The molecule has 7 heteroatoms. The molecule has 0 bridgehead atoms. The zero-order valence-corrected chi connectivity index (χ0v) is 15.5. The summed E-state index contributed by atoms with van der Waals surface area (Å²) in [5.41, 5.74) is 1.33. The van der Waals surface area contributed by atoms with Gasteiger partial charge in [-0.3, -0.25) is 19.4 Å². The van der Waals surface area contributed by atoms with E-state index < -0.39 is 0 Å². The Labute approximate surface area is 150 Å². The molecule has 0 radical (unpaired) electrons. The van der Waals surface area contributed by atoms with Gasteiger partial charge in [-0.15, -0.1) is 11.8 Å². The molecule has 1 aliphatic rings. The monoisotopic (exact) mass is 361 g/mol. The summed E-state index contributed by atoms with van der Waals surface area (Å²) in [6.07, 6.45) is 1.91. The second-order valence-corrected chi connectivity index (χ2v) is 7.29. The molecule has 6 nitrogen and oxygen atoms in total. The van der Waals surface area contributed by atoms with Crippen molar-refractivity contribution in [2.45, 2.75) is 38.0 Å². The van der Waals surface area contributed by atoms with Crippen molar-refractivity contribution in [3.8, 4) is 5.75 Å². The van der Waals surface area contributed by atoms with Crippen LogP contribution in [0.15, 0.2) is 29.1 Å². The molecule has 2 atom stereocenters. The van der Waals surface area contributed by atoms with E-state index >= 15 is 0 Å². The number of carbonyl (C=O) groups excluding carboxylic acids is 1. The zero-order valence-electron chi connectivity index (χ0n) is 14.7. The molecule has 2 N–H and O–H groups in total. The van der Waals surface area contributed by atoms with E-state index in [1.165, 1.54) is 11.8 Å². The molecular weight excluding hydrogens is 338 g/mol. The summed E-state index contributed by atoms with van der Waals surface area (Å²) in [4.78, 5) is 25.0. The summed E-state index contributed by atoms with van der Waals surface area (Å²) < 4.78 is 7.28. The second-order valence-electron chi connectivity index (χ2n) is 6.19. The van der Waals surface area contributed by atoms with Crippen molar-refractivity contribution >= 4 is 23.5 Å². The van der Waals surface area contributed by atoms with Gasteiger partial charge in [-0.05, 0) is 19.4 Å². The molecule has 0 fully saturated rings. The summed E-state index contributed by atoms with van der Waals surface area (Å²) in [6, 6.07) is 7.74. The number of aromatic nitrogens is 2. The number of nitrogens with zero attached hydrogens (tertiary/aromatic N) is 1. The Morgan fingerprint density at radius 2 is 2.12 bits per heavy atom. The average Bonchev–Trinajstić information content (AvgIpc) is 2.82. The van der Waals surface area contributed by atoms with Crippen LogP contribution >= 0.6 is 11.8 Å². The molecule has 2 aromatic rings. The maximum absolute atomic E-state index is 12.8. The Hall–Kier alpha value is -2.15. The van der Waals surface area contributed by atoms with Gasteiger partial charge >= 0.3 is 0 Å². The minimum Gasteiger partial charge on any atom is -0.496 e. The Morgan fingerprint density at radius 3 is 2.84 bits per heavy atom. The Kier molecular flexibility index (Phi) is 5.22. The molecular formula is C18H23N3O3S. The van der Waals surface area contributed by atoms with Gasteiger partial charge in [0.15, 0.2) is 0 Å². The van der Waals surface area contributed by atoms with Crippen molar-refractivity contribution in [1.82, 2.24) is 9.78 Å². The third-order valence-electron chi connectivity index (χ3n) is 4.43. The highest BCUT2D eigenvalue weighted by molar-refractivity contribution is 8.00. The number of ether oxygens (including phenoxy) is 1. The van der Waals surface area contributed by atoms with Gasteiger partial charge in [0.25, 0.3) is 5.56 Å². The molecule has 0 unspecified atom stereocenters. The molecule has 134 valence electrons. The van der Waals surface area contributed by atoms with E-state index in [1.807, 2.05) is 31.2 Å². The molecule has 0 aliphatic carbocycles. The van der Waals surface area contributed by atoms with Gasteiger partial charge in [-0.2, -0.15) is 0 Å². The maximum Gasteiger partial charge on any atom is 0.270 e. The number of thioether (sulfide) groups is 1. The summed E-state index contributed by atoms with van der Waals surface area (Å²) in [7, 11) is 1.61. The van der Waals surface area contributed by atoms with Crippen LogP contribution in [0.5, 0.6) is 5.75 Å². The van der Waals surface area contributed by atoms with E-state index in [1.54, 1.807) is 11.8 Å². The number of fused-ring (bicyclic) bond motifs is 1. The van der Waals surface area contributed by atoms with Crippen LogP contribution in [0.2, 0.25) is 0 Å². The van der Waals surface area contributed by atoms with Gasteiger partial charge in [0.2, 0.25) is 5.91 Å². The first-order valence-electron chi connectivity index (χ1n) is 8.45. The van der Waals surface area contributed by atoms with Crippen LogP contribution in [0.25, 0.3) is 0 Å². The van der Waals surface area contributed by atoms with Crippen molar-refractivity contribution in [3.63, 3.8) is 0 Å². The Balaban J connectivity index is 2.16. The van der Waals surface area contributed by atoms with Gasteiger partial charge in [0.1, 0.15) is 11.6 Å². The predicted octanol–water partition coefficient (Wildman–Crippen LogP) is 3.32. The van der Waals surface area contributed by atoms with E-state index in [0.717, 1.165) is 18.4 Å². The lowest BCUT2D eigenvalue weighted by molar-refractivity contribution is -0.113. The number of anilines is 1. The number of methoxy groups -OCH3 is 1. The lowest BCUT2D eigenvalue weighted by Crippen LogP contribution is -2.18. The highest BCUT2D eigenvalue weighted by Gasteiger charge is 2.32. The number of hydrogen-bond donors (Lipinski definition) is 2. The predicted molar refractivity (Wildman–Crippen MR) is 101 cm³/mol. The average molecular weight is 361 g/mol. The Morgan fingerprint density at radius 1 is 1.36 bits per heavy atom. The fraction of sp³-hybridized carbons (Fsp3) is 0.444. The largest absolute Gasteiger partial charge is 0.496 e. The number of rotatable bonds is 5. The first-order valence-corrected chi connectivity index (χ1v) is 9.50. The standard InChI is InChI=1S/C18H23N3O3S/c1-4-7-11(2)21-17-15(18(23)20-21)16(25-10-14(22)19-17)12-8-5-6-9-13(12)24-3/h5-6,8-9,11,16H,4,7,10H2,1-3H3,(H,19,22)(H,20,23)/t11-,16+/m0/s1. The fourth-order valence-corrected chi connectivity index (χ4v) is 4.40. The van der Waals surface area contributed by atoms with Crippen LogP contribution in [0.4, 0.5) is 5.82 Å². The first kappa shape index (κ1) is 17.7. The molecule has 2 heterocycles. The van der Waals surface area contributed by atoms with Gasteiger partial charge in [0.05, 0.1) is 23.7 Å². The van der Waals surface area contributed by atoms with Gasteiger partial charge < -0.3 is 10.1 Å². The van der Waals surface area contributed by atoms with Crippen molar-refractivity contribution in [1.29, 1.82) is 0 Å². The number of aromatic amines is 1. The maximum atomic E-state index is 12.8. The summed E-state index contributed by atoms with van der Waals surface area (Å²) in [5, 5.41) is 5.58. The molecule has 3 rings (SSSR count). The van der Waals surface area contributed by atoms with E-state index in [-0.39, 0.29) is 22.8 Å². The van der Waals surface area contributed by atoms with Crippen LogP contribution in [0, 0.1) is 0 Å². The molecule has 1 aliphatic heterocycles. The Bertz CT molecular complexity index is 827. The molecule has 0 saturated heterocycles. The van der Waals surface area contributed by atoms with Crippen molar-refractivity contribution in [2.24, 2.45) is 0 Å². The summed E-state index contributed by atoms with van der Waals surface area (Å²) in [6.45, 7) is 4.14. The molecule has 1 amide bonds.